The molecule has 36 heavy (non-hydrogen) atoms. The van der Waals surface area contributed by atoms with Gasteiger partial charge in [0.2, 0.25) is 17.7 Å². The molecule has 208 valence electrons. The van der Waals surface area contributed by atoms with Gasteiger partial charge in [-0.3, -0.25) is 19.4 Å². The van der Waals surface area contributed by atoms with E-state index in [1.165, 1.54) is 18.7 Å². The number of nitrogens with zero attached hydrogens (tertiary/aromatic N) is 1. The van der Waals surface area contributed by atoms with Gasteiger partial charge in [-0.25, -0.2) is 4.79 Å². The summed E-state index contributed by atoms with van der Waals surface area (Å²) in [5.41, 5.74) is 21.9. The number of aliphatic carboxylic acids is 1. The highest BCUT2D eigenvalue weighted by Gasteiger charge is 2.32. The van der Waals surface area contributed by atoms with Crippen LogP contribution >= 0.6 is 11.8 Å². The first-order valence-corrected chi connectivity index (χ1v) is 13.2. The Morgan fingerprint density at radius 3 is 2.08 bits per heavy atom. The number of carbonyl (C=O) groups is 4. The number of amides is 3. The summed E-state index contributed by atoms with van der Waals surface area (Å²) in [4.78, 5) is 53.5. The Balaban J connectivity index is 5.31. The molecule has 13 N–H and O–H groups in total. The first kappa shape index (κ1) is 33.4. The van der Waals surface area contributed by atoms with E-state index in [2.05, 4.69) is 20.9 Å². The number of hydrogen-bond acceptors (Lipinski definition) is 9. The molecule has 0 rings (SSSR count). The van der Waals surface area contributed by atoms with Crippen LogP contribution in [0.1, 0.15) is 45.4 Å². The summed E-state index contributed by atoms with van der Waals surface area (Å²) in [5, 5.41) is 26.9. The molecule has 0 aromatic carbocycles. The summed E-state index contributed by atoms with van der Waals surface area (Å²) in [6.45, 7) is 1.96. The van der Waals surface area contributed by atoms with Crippen LogP contribution in [0, 0.1) is 0 Å². The minimum atomic E-state index is -1.39. The molecular formula is C21H42N8O6S. The monoisotopic (exact) mass is 534 g/mol. The number of aliphatic hydroxyl groups excluding tert-OH is 1. The topological polar surface area (TPSA) is 261 Å². The number of carbonyl (C=O) groups excluding carboxylic acids is 3. The maximum absolute atomic E-state index is 12.9. The van der Waals surface area contributed by atoms with Gasteiger partial charge in [0.25, 0.3) is 0 Å². The predicted octanol–water partition coefficient (Wildman–Crippen LogP) is -2.83. The quantitative estimate of drug-likeness (QED) is 0.0463. The Bertz CT molecular complexity index is 735. The van der Waals surface area contributed by atoms with Crippen LogP contribution in [0.3, 0.4) is 0 Å². The Morgan fingerprint density at radius 2 is 1.56 bits per heavy atom. The third-order valence-corrected chi connectivity index (χ3v) is 5.82. The number of rotatable bonds is 19. The number of nitrogens with two attached hydrogens (primary N) is 4. The van der Waals surface area contributed by atoms with Gasteiger partial charge in [-0.1, -0.05) is 0 Å². The number of aliphatic imine (C=N–C) groups is 1. The van der Waals surface area contributed by atoms with Crippen LogP contribution in [0.25, 0.3) is 0 Å². The highest BCUT2D eigenvalue weighted by atomic mass is 32.2. The lowest BCUT2D eigenvalue weighted by molar-refractivity contribution is -0.142. The number of thioether (sulfide) groups is 1. The van der Waals surface area contributed by atoms with Crippen molar-refractivity contribution in [3.8, 4) is 0 Å². The normalized spacial score (nSPS) is 15.0. The lowest BCUT2D eigenvalue weighted by atomic mass is 10.0. The lowest BCUT2D eigenvalue weighted by Crippen LogP contribution is -2.59. The predicted molar refractivity (Wildman–Crippen MR) is 139 cm³/mol. The van der Waals surface area contributed by atoms with Crippen LogP contribution in [0.2, 0.25) is 0 Å². The first-order chi connectivity index (χ1) is 16.9. The average Bonchev–Trinajstić information content (AvgIpc) is 2.81. The van der Waals surface area contributed by atoms with Gasteiger partial charge in [0.05, 0.1) is 12.1 Å². The highest BCUT2D eigenvalue weighted by Crippen LogP contribution is 2.07. The maximum Gasteiger partial charge on any atom is 0.326 e. The summed E-state index contributed by atoms with van der Waals surface area (Å²) in [7, 11) is 0. The summed E-state index contributed by atoms with van der Waals surface area (Å²) in [5.74, 6) is -2.91. The van der Waals surface area contributed by atoms with E-state index in [1.807, 2.05) is 6.26 Å². The minimum absolute atomic E-state index is 0.0807. The lowest BCUT2D eigenvalue weighted by Gasteiger charge is -2.26. The van der Waals surface area contributed by atoms with Gasteiger partial charge in [-0.2, -0.15) is 11.8 Å². The zero-order valence-corrected chi connectivity index (χ0v) is 21.8. The van der Waals surface area contributed by atoms with Gasteiger partial charge in [-0.15, -0.1) is 0 Å². The summed E-state index contributed by atoms with van der Waals surface area (Å²) < 4.78 is 0. The zero-order chi connectivity index (χ0) is 27.7. The van der Waals surface area contributed by atoms with Crippen LogP contribution in [-0.4, -0.2) is 95.2 Å². The van der Waals surface area contributed by atoms with Crippen LogP contribution in [0.5, 0.6) is 0 Å². The molecule has 0 heterocycles. The van der Waals surface area contributed by atoms with Crippen molar-refractivity contribution in [3.05, 3.63) is 0 Å². The average molecular weight is 535 g/mol. The fraction of sp³-hybridized carbons (Fsp3) is 0.762. The molecule has 0 aromatic rings. The SMILES string of the molecule is CSCCC(NC(=O)C(CCCCN)NC(=O)C(NC(=O)C(N)CCCN=C(N)N)C(C)O)C(=O)O. The number of carboxylic acid groups (broad SMARTS) is 1. The number of nitrogens with one attached hydrogen (secondary N) is 3. The molecule has 0 radical (unpaired) electrons. The molecule has 14 nitrogen and oxygen atoms in total. The van der Waals surface area contributed by atoms with E-state index in [9.17, 15) is 29.4 Å². The van der Waals surface area contributed by atoms with Gasteiger partial charge in [-0.05, 0) is 64.0 Å². The zero-order valence-electron chi connectivity index (χ0n) is 20.9. The van der Waals surface area contributed by atoms with E-state index < -0.39 is 54.0 Å². The Labute approximate surface area is 215 Å². The van der Waals surface area contributed by atoms with Crippen molar-refractivity contribution in [3.63, 3.8) is 0 Å². The number of guanidine groups is 1. The molecule has 0 aliphatic carbocycles. The van der Waals surface area contributed by atoms with Crippen molar-refractivity contribution >= 4 is 41.4 Å². The van der Waals surface area contributed by atoms with Crippen LogP contribution in [0.4, 0.5) is 0 Å². The molecule has 5 unspecified atom stereocenters. The van der Waals surface area contributed by atoms with E-state index in [0.29, 0.717) is 31.6 Å². The minimum Gasteiger partial charge on any atom is -0.480 e. The standard InChI is InChI=1S/C21H42N8O6S/c1-12(30)16(29-17(31)13(23)6-5-10-26-21(24)25)19(33)27-14(7-3-4-9-22)18(32)28-15(20(34)35)8-11-36-2/h12-16,30H,3-11,22-23H2,1-2H3,(H,27,33)(H,28,32)(H,29,31)(H,34,35)(H4,24,25,26). The van der Waals surface area contributed by atoms with Gasteiger partial charge in [0, 0.05) is 6.54 Å². The highest BCUT2D eigenvalue weighted by molar-refractivity contribution is 7.98. The number of aliphatic hydroxyl groups is 1. The van der Waals surface area contributed by atoms with Crippen molar-refractivity contribution in [2.75, 3.05) is 25.1 Å². The molecule has 5 atom stereocenters. The largest absolute Gasteiger partial charge is 0.480 e. The fourth-order valence-electron chi connectivity index (χ4n) is 3.10. The third-order valence-electron chi connectivity index (χ3n) is 5.17. The second kappa shape index (κ2) is 18.6. The van der Waals surface area contributed by atoms with Gasteiger partial charge in [0.1, 0.15) is 18.1 Å². The molecule has 0 aromatic heterocycles. The molecular weight excluding hydrogens is 492 g/mol. The van der Waals surface area contributed by atoms with E-state index in [1.54, 1.807) is 0 Å². The van der Waals surface area contributed by atoms with E-state index in [-0.39, 0.29) is 31.8 Å². The van der Waals surface area contributed by atoms with Crippen LogP contribution < -0.4 is 38.9 Å². The molecule has 15 heteroatoms. The second-order valence-corrected chi connectivity index (χ2v) is 9.29. The molecule has 0 fully saturated rings. The summed E-state index contributed by atoms with van der Waals surface area (Å²) in [6.07, 6.45) is 2.63. The van der Waals surface area contributed by atoms with Crippen molar-refractivity contribution in [1.29, 1.82) is 0 Å². The van der Waals surface area contributed by atoms with Crippen molar-refractivity contribution in [1.82, 2.24) is 16.0 Å². The second-order valence-electron chi connectivity index (χ2n) is 8.31. The molecule has 0 spiro atoms. The molecule has 0 bridgehead atoms. The first-order valence-electron chi connectivity index (χ1n) is 11.8. The smallest absolute Gasteiger partial charge is 0.326 e. The maximum atomic E-state index is 12.9. The Kier molecular flexibility index (Phi) is 17.3. The number of unbranched alkanes of at least 4 members (excludes halogenated alkanes) is 1. The number of hydrogen-bond donors (Lipinski definition) is 9. The summed E-state index contributed by atoms with van der Waals surface area (Å²) in [6, 6.07) is -4.59. The third kappa shape index (κ3) is 14.1. The van der Waals surface area contributed by atoms with E-state index in [0.717, 1.165) is 0 Å². The van der Waals surface area contributed by atoms with Crippen molar-refractivity contribution in [2.45, 2.75) is 75.7 Å². The van der Waals surface area contributed by atoms with Gasteiger partial charge in [0.15, 0.2) is 5.96 Å². The molecule has 0 saturated carbocycles. The van der Waals surface area contributed by atoms with Crippen molar-refractivity contribution in [2.24, 2.45) is 27.9 Å². The Morgan fingerprint density at radius 1 is 0.917 bits per heavy atom. The van der Waals surface area contributed by atoms with Gasteiger partial charge >= 0.3 is 5.97 Å². The Hall–Kier alpha value is -2.62. The molecule has 0 saturated heterocycles. The molecule has 3 amide bonds. The fourth-order valence-corrected chi connectivity index (χ4v) is 3.58. The van der Waals surface area contributed by atoms with E-state index in [4.69, 9.17) is 22.9 Å². The van der Waals surface area contributed by atoms with E-state index >= 15 is 0 Å². The summed E-state index contributed by atoms with van der Waals surface area (Å²) >= 11 is 1.44. The van der Waals surface area contributed by atoms with Crippen LogP contribution in [-0.2, 0) is 19.2 Å². The van der Waals surface area contributed by atoms with Gasteiger partial charge < -0.3 is 49.1 Å². The van der Waals surface area contributed by atoms with Crippen molar-refractivity contribution < 1.29 is 29.4 Å². The van der Waals surface area contributed by atoms with Crippen LogP contribution in [0.15, 0.2) is 4.99 Å². The number of carboxylic acids is 1. The molecule has 0 aliphatic rings. The molecule has 0 aliphatic heterocycles.